The van der Waals surface area contributed by atoms with Crippen molar-refractivity contribution < 1.29 is 0 Å². The second-order valence-corrected chi connectivity index (χ2v) is 4.79. The predicted octanol–water partition coefficient (Wildman–Crippen LogP) is 2.95. The summed E-state index contributed by atoms with van der Waals surface area (Å²) in [5.41, 5.74) is 8.84. The number of anilines is 1. The molecule has 0 atom stereocenters. The van der Waals surface area contributed by atoms with E-state index in [4.69, 9.17) is 17.3 Å². The molecule has 0 amide bonds. The second-order valence-electron chi connectivity index (χ2n) is 4.38. The minimum atomic E-state index is 0.705. The van der Waals surface area contributed by atoms with Crippen LogP contribution in [0, 0.1) is 0 Å². The van der Waals surface area contributed by atoms with Gasteiger partial charge in [0.25, 0.3) is 0 Å². The van der Waals surface area contributed by atoms with E-state index in [0.717, 1.165) is 24.3 Å². The Hall–Kier alpha value is -1.58. The van der Waals surface area contributed by atoms with E-state index in [1.54, 1.807) is 12.4 Å². The van der Waals surface area contributed by atoms with E-state index in [9.17, 15) is 0 Å². The Labute approximate surface area is 112 Å². The van der Waals surface area contributed by atoms with Gasteiger partial charge in [-0.15, -0.1) is 0 Å². The van der Waals surface area contributed by atoms with Gasteiger partial charge in [-0.05, 0) is 36.4 Å². The number of hydrogen-bond donors (Lipinski definition) is 1. The van der Waals surface area contributed by atoms with E-state index in [0.29, 0.717) is 5.02 Å². The third kappa shape index (κ3) is 3.45. The first-order valence-corrected chi connectivity index (χ1v) is 6.14. The van der Waals surface area contributed by atoms with Gasteiger partial charge in [0.1, 0.15) is 0 Å². The van der Waals surface area contributed by atoms with Gasteiger partial charge in [-0.25, -0.2) is 0 Å². The lowest BCUT2D eigenvalue weighted by molar-refractivity contribution is 0.319. The molecule has 18 heavy (non-hydrogen) atoms. The maximum absolute atomic E-state index is 6.09. The van der Waals surface area contributed by atoms with Crippen LogP contribution in [0.5, 0.6) is 0 Å². The Balaban J connectivity index is 2.01. The quantitative estimate of drug-likeness (QED) is 0.861. The highest BCUT2D eigenvalue weighted by atomic mass is 35.5. The van der Waals surface area contributed by atoms with Crippen molar-refractivity contribution in [3.05, 3.63) is 58.9 Å². The number of nitrogens with zero attached hydrogens (tertiary/aromatic N) is 2. The van der Waals surface area contributed by atoms with Gasteiger partial charge in [0.15, 0.2) is 0 Å². The van der Waals surface area contributed by atoms with Crippen LogP contribution in [0.3, 0.4) is 0 Å². The molecule has 0 aliphatic rings. The number of benzene rings is 1. The summed E-state index contributed by atoms with van der Waals surface area (Å²) in [5, 5.41) is 0.705. The van der Waals surface area contributed by atoms with Gasteiger partial charge >= 0.3 is 0 Å². The molecule has 0 radical (unpaired) electrons. The van der Waals surface area contributed by atoms with Crippen LogP contribution in [0.4, 0.5) is 5.69 Å². The summed E-state index contributed by atoms with van der Waals surface area (Å²) in [6, 6.07) is 9.87. The Morgan fingerprint density at radius 2 is 2.11 bits per heavy atom. The maximum Gasteiger partial charge on any atom is 0.0634 e. The summed E-state index contributed by atoms with van der Waals surface area (Å²) in [4.78, 5) is 6.17. The number of halogens is 1. The fraction of sp³-hybridized carbons (Fsp3) is 0.214. The maximum atomic E-state index is 6.09. The molecule has 1 heterocycles. The molecule has 0 bridgehead atoms. The molecule has 0 spiro atoms. The summed E-state index contributed by atoms with van der Waals surface area (Å²) in [6.07, 6.45) is 3.43. The van der Waals surface area contributed by atoms with Crippen molar-refractivity contribution in [2.75, 3.05) is 12.8 Å². The van der Waals surface area contributed by atoms with Crippen LogP contribution in [-0.2, 0) is 13.1 Å². The summed E-state index contributed by atoms with van der Waals surface area (Å²) in [6.45, 7) is 1.62. The zero-order chi connectivity index (χ0) is 13.0. The van der Waals surface area contributed by atoms with Gasteiger partial charge in [0, 0.05) is 31.2 Å². The van der Waals surface area contributed by atoms with Crippen LogP contribution in [0.25, 0.3) is 0 Å². The predicted molar refractivity (Wildman–Crippen MR) is 75.3 cm³/mol. The zero-order valence-electron chi connectivity index (χ0n) is 10.3. The Morgan fingerprint density at radius 3 is 2.83 bits per heavy atom. The lowest BCUT2D eigenvalue weighted by Gasteiger charge is -2.17. The van der Waals surface area contributed by atoms with E-state index in [2.05, 4.69) is 23.0 Å². The van der Waals surface area contributed by atoms with Crippen molar-refractivity contribution in [3.8, 4) is 0 Å². The topological polar surface area (TPSA) is 42.1 Å². The first-order valence-electron chi connectivity index (χ1n) is 5.76. The highest BCUT2D eigenvalue weighted by Gasteiger charge is 2.05. The molecule has 0 aliphatic heterocycles. The van der Waals surface area contributed by atoms with E-state index in [1.165, 1.54) is 5.56 Å². The van der Waals surface area contributed by atoms with Crippen molar-refractivity contribution in [1.29, 1.82) is 0 Å². The molecular formula is C14H16ClN3. The number of hydrogen-bond acceptors (Lipinski definition) is 3. The summed E-state index contributed by atoms with van der Waals surface area (Å²) in [5.74, 6) is 0. The van der Waals surface area contributed by atoms with Crippen molar-refractivity contribution in [2.24, 2.45) is 0 Å². The highest BCUT2D eigenvalue weighted by molar-refractivity contribution is 6.31. The van der Waals surface area contributed by atoms with Crippen LogP contribution >= 0.6 is 11.6 Å². The largest absolute Gasteiger partial charge is 0.399 e. The van der Waals surface area contributed by atoms with Crippen LogP contribution in [0.1, 0.15) is 11.1 Å². The molecule has 0 saturated carbocycles. The van der Waals surface area contributed by atoms with Gasteiger partial charge in [-0.3, -0.25) is 9.88 Å². The van der Waals surface area contributed by atoms with Crippen LogP contribution < -0.4 is 5.73 Å². The summed E-state index contributed by atoms with van der Waals surface area (Å²) < 4.78 is 0. The smallest absolute Gasteiger partial charge is 0.0634 e. The third-order valence-electron chi connectivity index (χ3n) is 2.70. The summed E-state index contributed by atoms with van der Waals surface area (Å²) in [7, 11) is 2.06. The molecule has 0 aliphatic carbocycles. The number of aromatic nitrogens is 1. The van der Waals surface area contributed by atoms with Gasteiger partial charge in [0.05, 0.1) is 5.02 Å². The molecule has 0 saturated heterocycles. The monoisotopic (exact) mass is 261 g/mol. The molecular weight excluding hydrogens is 246 g/mol. The van der Waals surface area contributed by atoms with Crippen molar-refractivity contribution >= 4 is 17.3 Å². The number of pyridine rings is 1. The lowest BCUT2D eigenvalue weighted by Crippen LogP contribution is -2.17. The lowest BCUT2D eigenvalue weighted by atomic mass is 10.2. The van der Waals surface area contributed by atoms with Crippen molar-refractivity contribution in [2.45, 2.75) is 13.1 Å². The minimum Gasteiger partial charge on any atom is -0.399 e. The fourth-order valence-electron chi connectivity index (χ4n) is 1.88. The SMILES string of the molecule is CN(Cc1cccc(N)c1)Cc1ccncc1Cl. The molecule has 2 aromatic rings. The molecule has 0 fully saturated rings. The van der Waals surface area contributed by atoms with Gasteiger partial charge in [-0.1, -0.05) is 23.7 Å². The first-order chi connectivity index (χ1) is 8.65. The van der Waals surface area contributed by atoms with E-state index >= 15 is 0 Å². The van der Waals surface area contributed by atoms with Crippen LogP contribution in [-0.4, -0.2) is 16.9 Å². The highest BCUT2D eigenvalue weighted by Crippen LogP contribution is 2.16. The molecule has 1 aromatic heterocycles. The average Bonchev–Trinajstić information content (AvgIpc) is 2.32. The van der Waals surface area contributed by atoms with E-state index in [1.807, 2.05) is 24.3 Å². The third-order valence-corrected chi connectivity index (χ3v) is 3.04. The van der Waals surface area contributed by atoms with Crippen molar-refractivity contribution in [3.63, 3.8) is 0 Å². The Morgan fingerprint density at radius 1 is 1.28 bits per heavy atom. The van der Waals surface area contributed by atoms with Crippen LogP contribution in [0.15, 0.2) is 42.7 Å². The van der Waals surface area contributed by atoms with Crippen molar-refractivity contribution in [1.82, 2.24) is 9.88 Å². The normalized spacial score (nSPS) is 10.8. The van der Waals surface area contributed by atoms with Gasteiger partial charge in [-0.2, -0.15) is 0 Å². The molecule has 2 N–H and O–H groups in total. The number of nitrogens with two attached hydrogens (primary N) is 1. The van der Waals surface area contributed by atoms with E-state index in [-0.39, 0.29) is 0 Å². The van der Waals surface area contributed by atoms with Gasteiger partial charge in [0.2, 0.25) is 0 Å². The van der Waals surface area contributed by atoms with Gasteiger partial charge < -0.3 is 5.73 Å². The Kier molecular flexibility index (Phi) is 4.18. The molecule has 94 valence electrons. The average molecular weight is 262 g/mol. The first kappa shape index (κ1) is 12.9. The zero-order valence-corrected chi connectivity index (χ0v) is 11.1. The Bertz CT molecular complexity index is 528. The number of rotatable bonds is 4. The van der Waals surface area contributed by atoms with Crippen LogP contribution in [0.2, 0.25) is 5.02 Å². The fourth-order valence-corrected chi connectivity index (χ4v) is 2.06. The minimum absolute atomic E-state index is 0.705. The molecule has 0 unspecified atom stereocenters. The molecule has 2 rings (SSSR count). The molecule has 4 heteroatoms. The standard InChI is InChI=1S/C14H16ClN3/c1-18(9-11-3-2-4-13(16)7-11)10-12-5-6-17-8-14(12)15/h2-8H,9-10,16H2,1H3. The van der Waals surface area contributed by atoms with E-state index < -0.39 is 0 Å². The number of nitrogen functional groups attached to an aromatic ring is 1. The summed E-state index contributed by atoms with van der Waals surface area (Å²) >= 11 is 6.09. The second kappa shape index (κ2) is 5.85. The molecule has 1 aromatic carbocycles. The molecule has 3 nitrogen and oxygen atoms in total.